The number of likely N-dealkylation sites (tertiary alicyclic amines) is 1. The van der Waals surface area contributed by atoms with Crippen LogP contribution in [0.4, 0.5) is 0 Å². The van der Waals surface area contributed by atoms with Gasteiger partial charge in [-0.3, -0.25) is 14.7 Å². The van der Waals surface area contributed by atoms with E-state index in [0.29, 0.717) is 18.2 Å². The van der Waals surface area contributed by atoms with Gasteiger partial charge in [-0.1, -0.05) is 0 Å². The second-order valence-electron chi connectivity index (χ2n) is 8.53. The predicted molar refractivity (Wildman–Crippen MR) is 116 cm³/mol. The normalized spacial score (nSPS) is 24.0. The molecule has 0 radical (unpaired) electrons. The molecule has 6 heterocycles. The summed E-state index contributed by atoms with van der Waals surface area (Å²) >= 11 is 0. The fourth-order valence-electron chi connectivity index (χ4n) is 4.71. The van der Waals surface area contributed by atoms with Crippen molar-refractivity contribution in [2.45, 2.75) is 31.0 Å². The lowest BCUT2D eigenvalue weighted by Crippen LogP contribution is -2.51. The summed E-state index contributed by atoms with van der Waals surface area (Å²) in [5, 5.41) is 4.20. The van der Waals surface area contributed by atoms with Gasteiger partial charge in [-0.05, 0) is 50.7 Å². The molecule has 0 saturated carbocycles. The van der Waals surface area contributed by atoms with Crippen LogP contribution in [-0.2, 0) is 4.74 Å². The lowest BCUT2D eigenvalue weighted by Gasteiger charge is -2.36. The third-order valence-electron chi connectivity index (χ3n) is 6.53. The van der Waals surface area contributed by atoms with Gasteiger partial charge in [0.2, 0.25) is 0 Å². The monoisotopic (exact) mass is 416 g/mol. The van der Waals surface area contributed by atoms with Gasteiger partial charge in [0.25, 0.3) is 5.91 Å². The van der Waals surface area contributed by atoms with E-state index in [9.17, 15) is 4.79 Å². The minimum absolute atomic E-state index is 0.103. The molecule has 4 aromatic rings. The topological polar surface area (TPSA) is 87.6 Å². The van der Waals surface area contributed by atoms with Crippen molar-refractivity contribution < 1.29 is 9.53 Å². The van der Waals surface area contributed by atoms with Crippen LogP contribution in [-0.4, -0.2) is 56.4 Å². The molecular weight excluding hydrogens is 392 g/mol. The third-order valence-corrected chi connectivity index (χ3v) is 6.53. The van der Waals surface area contributed by atoms with Gasteiger partial charge in [0.1, 0.15) is 6.10 Å². The SMILES string of the molecule is CN1CCC[C@@H]1c1cc2cnc(C3OCC3NC(=O)c3ccn4cncc4c3)cc2[nH]1. The molecule has 2 unspecified atom stereocenters. The van der Waals surface area contributed by atoms with Gasteiger partial charge in [0.05, 0.1) is 36.4 Å². The Labute approximate surface area is 179 Å². The Morgan fingerprint density at radius 1 is 1.29 bits per heavy atom. The molecule has 0 aliphatic carbocycles. The molecule has 0 bridgehead atoms. The molecule has 0 aromatic carbocycles. The number of imidazole rings is 1. The molecule has 8 heteroatoms. The van der Waals surface area contributed by atoms with Crippen LogP contribution in [0.3, 0.4) is 0 Å². The summed E-state index contributed by atoms with van der Waals surface area (Å²) < 4.78 is 7.66. The van der Waals surface area contributed by atoms with Gasteiger partial charge >= 0.3 is 0 Å². The van der Waals surface area contributed by atoms with E-state index in [-0.39, 0.29) is 18.1 Å². The van der Waals surface area contributed by atoms with Gasteiger partial charge in [-0.25, -0.2) is 4.98 Å². The third kappa shape index (κ3) is 3.19. The Bertz CT molecular complexity index is 1280. The van der Waals surface area contributed by atoms with Crippen LogP contribution in [0, 0.1) is 0 Å². The van der Waals surface area contributed by atoms with Gasteiger partial charge in [0, 0.05) is 40.6 Å². The summed E-state index contributed by atoms with van der Waals surface area (Å²) in [7, 11) is 2.17. The minimum Gasteiger partial charge on any atom is -0.367 e. The Morgan fingerprint density at radius 3 is 3.03 bits per heavy atom. The van der Waals surface area contributed by atoms with Crippen LogP contribution in [0.15, 0.2) is 49.2 Å². The molecule has 2 N–H and O–H groups in total. The summed E-state index contributed by atoms with van der Waals surface area (Å²) in [4.78, 5) is 27.4. The largest absolute Gasteiger partial charge is 0.367 e. The average Bonchev–Trinajstić information content (AvgIpc) is 3.48. The van der Waals surface area contributed by atoms with Crippen molar-refractivity contribution in [1.82, 2.24) is 29.6 Å². The molecule has 31 heavy (non-hydrogen) atoms. The average molecular weight is 416 g/mol. The van der Waals surface area contributed by atoms with Crippen molar-refractivity contribution in [3.63, 3.8) is 0 Å². The van der Waals surface area contributed by atoms with Gasteiger partial charge in [0.15, 0.2) is 0 Å². The maximum Gasteiger partial charge on any atom is 0.251 e. The van der Waals surface area contributed by atoms with Gasteiger partial charge < -0.3 is 19.4 Å². The number of aromatic amines is 1. The van der Waals surface area contributed by atoms with Crippen molar-refractivity contribution in [2.24, 2.45) is 0 Å². The fraction of sp³-hybridized carbons (Fsp3) is 0.348. The Kier molecular flexibility index (Phi) is 4.29. The van der Waals surface area contributed by atoms with Crippen LogP contribution in [0.1, 0.15) is 46.7 Å². The molecule has 4 aromatic heterocycles. The van der Waals surface area contributed by atoms with Crippen LogP contribution >= 0.6 is 0 Å². The summed E-state index contributed by atoms with van der Waals surface area (Å²) in [5.74, 6) is -0.116. The van der Waals surface area contributed by atoms with Crippen molar-refractivity contribution in [1.29, 1.82) is 0 Å². The highest BCUT2D eigenvalue weighted by atomic mass is 16.5. The molecule has 2 aliphatic heterocycles. The molecule has 0 spiro atoms. The smallest absolute Gasteiger partial charge is 0.251 e. The molecule has 3 atom stereocenters. The highest BCUT2D eigenvalue weighted by molar-refractivity contribution is 5.95. The summed E-state index contributed by atoms with van der Waals surface area (Å²) in [5.41, 5.74) is 4.63. The predicted octanol–water partition coefficient (Wildman–Crippen LogP) is 2.85. The molecular formula is C23H24N6O2. The molecule has 8 nitrogen and oxygen atoms in total. The number of H-pyrrole nitrogens is 1. The number of nitrogens with one attached hydrogen (secondary N) is 2. The number of nitrogens with zero attached hydrogens (tertiary/aromatic N) is 4. The molecule has 2 saturated heterocycles. The zero-order valence-electron chi connectivity index (χ0n) is 17.3. The number of hydrogen-bond acceptors (Lipinski definition) is 5. The maximum absolute atomic E-state index is 12.8. The number of fused-ring (bicyclic) bond motifs is 2. The summed E-state index contributed by atoms with van der Waals surface area (Å²) in [6.07, 6.45) is 9.34. The second-order valence-corrected chi connectivity index (χ2v) is 8.53. The first-order valence-corrected chi connectivity index (χ1v) is 10.7. The van der Waals surface area contributed by atoms with E-state index in [4.69, 9.17) is 4.74 Å². The van der Waals surface area contributed by atoms with E-state index in [2.05, 4.69) is 44.3 Å². The number of amides is 1. The van der Waals surface area contributed by atoms with Crippen molar-refractivity contribution in [3.8, 4) is 0 Å². The first-order valence-electron chi connectivity index (χ1n) is 10.7. The number of carbonyl (C=O) groups excluding carboxylic acids is 1. The van der Waals surface area contributed by atoms with E-state index in [1.165, 1.54) is 18.5 Å². The highest BCUT2D eigenvalue weighted by Crippen LogP contribution is 2.34. The zero-order valence-corrected chi connectivity index (χ0v) is 17.3. The lowest BCUT2D eigenvalue weighted by molar-refractivity contribution is -0.0882. The highest BCUT2D eigenvalue weighted by Gasteiger charge is 2.36. The van der Waals surface area contributed by atoms with E-state index in [1.807, 2.05) is 22.9 Å². The molecule has 6 rings (SSSR count). The molecule has 1 amide bonds. The van der Waals surface area contributed by atoms with Crippen LogP contribution in [0.25, 0.3) is 16.4 Å². The number of rotatable bonds is 4. The van der Waals surface area contributed by atoms with Gasteiger partial charge in [-0.2, -0.15) is 0 Å². The van der Waals surface area contributed by atoms with E-state index in [0.717, 1.165) is 28.7 Å². The lowest BCUT2D eigenvalue weighted by atomic mass is 10.0. The molecule has 158 valence electrons. The Hall–Kier alpha value is -3.23. The maximum atomic E-state index is 12.8. The van der Waals surface area contributed by atoms with Crippen molar-refractivity contribution in [2.75, 3.05) is 20.2 Å². The number of aromatic nitrogens is 4. The number of pyridine rings is 2. The Morgan fingerprint density at radius 2 is 2.23 bits per heavy atom. The van der Waals surface area contributed by atoms with Crippen molar-refractivity contribution >= 4 is 22.3 Å². The fourth-order valence-corrected chi connectivity index (χ4v) is 4.71. The first kappa shape index (κ1) is 18.5. The standard InChI is InChI=1S/C23H24N6O2/c1-28-5-2-3-21(28)18-8-15-10-25-19(9-17(15)26-18)22-20(12-31-22)27-23(30)14-4-6-29-13-24-11-16(29)7-14/h4,6-11,13,20-22,26H,2-3,5,12H2,1H3,(H,27,30)/t20?,21-,22?/m1/s1. The quantitative estimate of drug-likeness (QED) is 0.534. The summed E-state index contributed by atoms with van der Waals surface area (Å²) in [6, 6.07) is 8.22. The number of hydrogen-bond donors (Lipinski definition) is 2. The summed E-state index contributed by atoms with van der Waals surface area (Å²) in [6.45, 7) is 1.61. The molecule has 2 aliphatic rings. The zero-order chi connectivity index (χ0) is 20.9. The Balaban J connectivity index is 1.20. The van der Waals surface area contributed by atoms with Crippen LogP contribution in [0.2, 0.25) is 0 Å². The van der Waals surface area contributed by atoms with Gasteiger partial charge in [-0.15, -0.1) is 0 Å². The van der Waals surface area contributed by atoms with E-state index < -0.39 is 0 Å². The van der Waals surface area contributed by atoms with E-state index in [1.54, 1.807) is 18.6 Å². The minimum atomic E-state index is -0.243. The van der Waals surface area contributed by atoms with Crippen LogP contribution < -0.4 is 5.32 Å². The van der Waals surface area contributed by atoms with E-state index >= 15 is 0 Å². The number of carbonyl (C=O) groups is 1. The number of ether oxygens (including phenoxy) is 1. The van der Waals surface area contributed by atoms with Crippen LogP contribution in [0.5, 0.6) is 0 Å². The molecule has 2 fully saturated rings. The van der Waals surface area contributed by atoms with Crippen molar-refractivity contribution in [3.05, 3.63) is 66.1 Å². The second kappa shape index (κ2) is 7.18. The first-order chi connectivity index (χ1) is 15.2.